The van der Waals surface area contributed by atoms with Crippen LogP contribution in [-0.4, -0.2) is 15.1 Å². The molecule has 1 atom stereocenters. The van der Waals surface area contributed by atoms with E-state index in [2.05, 4.69) is 9.97 Å². The molecule has 0 saturated heterocycles. The standard InChI is InChI=1S/C13H13ClN2OS/c1-8-5-6-15-13(16-8)18-12-4-3-10(9(2)17)7-11(12)14/h3-7,9,17H,1-2H3. The van der Waals surface area contributed by atoms with Crippen molar-refractivity contribution in [1.29, 1.82) is 0 Å². The minimum atomic E-state index is -0.517. The summed E-state index contributed by atoms with van der Waals surface area (Å²) in [6, 6.07) is 7.35. The largest absolute Gasteiger partial charge is 0.389 e. The molecule has 0 spiro atoms. The number of benzene rings is 1. The van der Waals surface area contributed by atoms with Crippen molar-refractivity contribution < 1.29 is 5.11 Å². The number of hydrogen-bond donors (Lipinski definition) is 1. The molecule has 1 N–H and O–H groups in total. The van der Waals surface area contributed by atoms with Gasteiger partial charge in [-0.05, 0) is 49.4 Å². The highest BCUT2D eigenvalue weighted by Gasteiger charge is 2.08. The van der Waals surface area contributed by atoms with Crippen LogP contribution in [0.5, 0.6) is 0 Å². The molecule has 1 aromatic carbocycles. The molecule has 0 radical (unpaired) electrons. The van der Waals surface area contributed by atoms with Gasteiger partial charge >= 0.3 is 0 Å². The Hall–Kier alpha value is -1.10. The molecule has 1 unspecified atom stereocenters. The highest BCUT2D eigenvalue weighted by atomic mass is 35.5. The summed E-state index contributed by atoms with van der Waals surface area (Å²) in [7, 11) is 0. The van der Waals surface area contributed by atoms with Crippen LogP contribution >= 0.6 is 23.4 Å². The molecule has 2 rings (SSSR count). The van der Waals surface area contributed by atoms with Gasteiger partial charge in [-0.3, -0.25) is 0 Å². The van der Waals surface area contributed by atoms with Crippen molar-refractivity contribution in [1.82, 2.24) is 9.97 Å². The first-order valence-corrected chi connectivity index (χ1v) is 6.70. The fourth-order valence-corrected chi connectivity index (χ4v) is 2.53. The van der Waals surface area contributed by atoms with E-state index in [1.807, 2.05) is 25.1 Å². The third-order valence-corrected chi connectivity index (χ3v) is 3.79. The summed E-state index contributed by atoms with van der Waals surface area (Å²) < 4.78 is 0. The first kappa shape index (κ1) is 13.3. The van der Waals surface area contributed by atoms with E-state index in [1.165, 1.54) is 11.8 Å². The minimum absolute atomic E-state index is 0.517. The number of rotatable bonds is 3. The average Bonchev–Trinajstić information content (AvgIpc) is 2.31. The van der Waals surface area contributed by atoms with E-state index in [0.717, 1.165) is 16.2 Å². The van der Waals surface area contributed by atoms with Gasteiger partial charge in [0.1, 0.15) is 0 Å². The van der Waals surface area contributed by atoms with Crippen molar-refractivity contribution in [2.75, 3.05) is 0 Å². The maximum absolute atomic E-state index is 9.48. The van der Waals surface area contributed by atoms with Gasteiger partial charge in [-0.1, -0.05) is 17.7 Å². The average molecular weight is 281 g/mol. The van der Waals surface area contributed by atoms with Crippen molar-refractivity contribution in [3.63, 3.8) is 0 Å². The molecule has 0 bridgehead atoms. The molecular weight excluding hydrogens is 268 g/mol. The van der Waals surface area contributed by atoms with E-state index >= 15 is 0 Å². The quantitative estimate of drug-likeness (QED) is 0.872. The predicted molar refractivity (Wildman–Crippen MR) is 73.0 cm³/mol. The van der Waals surface area contributed by atoms with Crippen LogP contribution in [0.2, 0.25) is 5.02 Å². The first-order valence-electron chi connectivity index (χ1n) is 5.51. The molecule has 0 aliphatic heterocycles. The SMILES string of the molecule is Cc1ccnc(Sc2ccc(C(C)O)cc2Cl)n1. The van der Waals surface area contributed by atoms with Crippen LogP contribution in [0.25, 0.3) is 0 Å². The molecular formula is C13H13ClN2OS. The van der Waals surface area contributed by atoms with Gasteiger partial charge in [0, 0.05) is 16.8 Å². The molecule has 5 heteroatoms. The van der Waals surface area contributed by atoms with E-state index in [1.54, 1.807) is 19.2 Å². The van der Waals surface area contributed by atoms with Crippen LogP contribution in [0, 0.1) is 6.92 Å². The highest BCUT2D eigenvalue weighted by Crippen LogP contribution is 2.32. The van der Waals surface area contributed by atoms with Crippen LogP contribution in [0.3, 0.4) is 0 Å². The van der Waals surface area contributed by atoms with E-state index in [9.17, 15) is 5.11 Å². The summed E-state index contributed by atoms with van der Waals surface area (Å²) >= 11 is 7.59. The first-order chi connectivity index (χ1) is 8.56. The lowest BCUT2D eigenvalue weighted by Gasteiger charge is -2.08. The highest BCUT2D eigenvalue weighted by molar-refractivity contribution is 7.99. The fourth-order valence-electron chi connectivity index (χ4n) is 1.43. The van der Waals surface area contributed by atoms with Crippen LogP contribution in [0.15, 0.2) is 40.5 Å². The van der Waals surface area contributed by atoms with Gasteiger partial charge in [-0.2, -0.15) is 0 Å². The van der Waals surface area contributed by atoms with Crippen molar-refractivity contribution >= 4 is 23.4 Å². The number of aryl methyl sites for hydroxylation is 1. The van der Waals surface area contributed by atoms with E-state index < -0.39 is 6.10 Å². The maximum atomic E-state index is 9.48. The number of hydrogen-bond acceptors (Lipinski definition) is 4. The lowest BCUT2D eigenvalue weighted by atomic mass is 10.1. The van der Waals surface area contributed by atoms with Gasteiger partial charge in [0.2, 0.25) is 0 Å². The second-order valence-corrected chi connectivity index (χ2v) is 5.36. The third-order valence-electron chi connectivity index (χ3n) is 2.41. The Labute approximate surface area is 115 Å². The molecule has 2 aromatic rings. The number of aromatic nitrogens is 2. The zero-order valence-electron chi connectivity index (χ0n) is 10.1. The molecule has 0 aliphatic rings. The Morgan fingerprint density at radius 2 is 2.11 bits per heavy atom. The van der Waals surface area contributed by atoms with Crippen molar-refractivity contribution in [3.8, 4) is 0 Å². The molecule has 94 valence electrons. The fraction of sp³-hybridized carbons (Fsp3) is 0.231. The van der Waals surface area contributed by atoms with Gasteiger partial charge in [0.25, 0.3) is 0 Å². The predicted octanol–water partition coefficient (Wildman–Crippen LogP) is 3.64. The van der Waals surface area contributed by atoms with Gasteiger partial charge in [-0.25, -0.2) is 9.97 Å². The molecule has 18 heavy (non-hydrogen) atoms. The summed E-state index contributed by atoms with van der Waals surface area (Å²) in [5, 5.41) is 10.7. The summed E-state index contributed by atoms with van der Waals surface area (Å²) in [6.45, 7) is 3.63. The van der Waals surface area contributed by atoms with Gasteiger partial charge in [-0.15, -0.1) is 0 Å². The molecule has 3 nitrogen and oxygen atoms in total. The van der Waals surface area contributed by atoms with Crippen LogP contribution in [-0.2, 0) is 0 Å². The Bertz CT molecular complexity index is 560. The number of aliphatic hydroxyl groups is 1. The number of nitrogens with zero attached hydrogens (tertiary/aromatic N) is 2. The molecule has 0 amide bonds. The Kier molecular flexibility index (Phi) is 4.22. The zero-order chi connectivity index (χ0) is 13.1. The smallest absolute Gasteiger partial charge is 0.192 e. The van der Waals surface area contributed by atoms with E-state index in [4.69, 9.17) is 11.6 Å². The molecule has 0 saturated carbocycles. The Morgan fingerprint density at radius 1 is 1.33 bits per heavy atom. The van der Waals surface area contributed by atoms with Gasteiger partial charge in [0.05, 0.1) is 11.1 Å². The Morgan fingerprint density at radius 3 is 2.72 bits per heavy atom. The normalized spacial score (nSPS) is 12.4. The van der Waals surface area contributed by atoms with Crippen LogP contribution in [0.4, 0.5) is 0 Å². The summed E-state index contributed by atoms with van der Waals surface area (Å²) in [4.78, 5) is 9.37. The van der Waals surface area contributed by atoms with Gasteiger partial charge in [0.15, 0.2) is 5.16 Å². The molecule has 1 aromatic heterocycles. The van der Waals surface area contributed by atoms with Crippen LogP contribution in [0.1, 0.15) is 24.3 Å². The second kappa shape index (κ2) is 5.69. The van der Waals surface area contributed by atoms with Crippen LogP contribution < -0.4 is 0 Å². The Balaban J connectivity index is 2.24. The van der Waals surface area contributed by atoms with Gasteiger partial charge < -0.3 is 5.11 Å². The second-order valence-electron chi connectivity index (χ2n) is 3.95. The molecule has 0 fully saturated rings. The van der Waals surface area contributed by atoms with E-state index in [0.29, 0.717) is 10.2 Å². The minimum Gasteiger partial charge on any atom is -0.389 e. The van der Waals surface area contributed by atoms with Crippen molar-refractivity contribution in [2.45, 2.75) is 30.0 Å². The molecule has 0 aliphatic carbocycles. The number of halogens is 1. The van der Waals surface area contributed by atoms with Crippen molar-refractivity contribution in [2.24, 2.45) is 0 Å². The monoisotopic (exact) mass is 280 g/mol. The molecule has 1 heterocycles. The summed E-state index contributed by atoms with van der Waals surface area (Å²) in [5.41, 5.74) is 1.72. The maximum Gasteiger partial charge on any atom is 0.192 e. The summed E-state index contributed by atoms with van der Waals surface area (Å²) in [6.07, 6.45) is 1.21. The zero-order valence-corrected chi connectivity index (χ0v) is 11.7. The third kappa shape index (κ3) is 3.22. The lowest BCUT2D eigenvalue weighted by Crippen LogP contribution is -1.92. The van der Waals surface area contributed by atoms with E-state index in [-0.39, 0.29) is 0 Å². The topological polar surface area (TPSA) is 46.0 Å². The lowest BCUT2D eigenvalue weighted by molar-refractivity contribution is 0.199. The summed E-state index contributed by atoms with van der Waals surface area (Å²) in [5.74, 6) is 0. The number of aliphatic hydroxyl groups excluding tert-OH is 1. The van der Waals surface area contributed by atoms with Crippen molar-refractivity contribution in [3.05, 3.63) is 46.7 Å².